The Kier molecular flexibility index (Phi) is 4.14. The summed E-state index contributed by atoms with van der Waals surface area (Å²) in [6.07, 6.45) is 10.0. The lowest BCUT2D eigenvalue weighted by Crippen LogP contribution is -2.47. The maximum atomic E-state index is 13.1. The lowest BCUT2D eigenvalue weighted by molar-refractivity contribution is -0.124. The van der Waals surface area contributed by atoms with E-state index in [9.17, 15) is 9.90 Å². The van der Waals surface area contributed by atoms with E-state index >= 15 is 0 Å². The van der Waals surface area contributed by atoms with E-state index < -0.39 is 0 Å². The Balaban J connectivity index is 1.25. The Morgan fingerprint density at radius 2 is 1.90 bits per heavy atom. The van der Waals surface area contributed by atoms with Gasteiger partial charge in [-0.25, -0.2) is 4.98 Å². The van der Waals surface area contributed by atoms with Gasteiger partial charge in [0.05, 0.1) is 5.56 Å². The Bertz CT molecular complexity index is 1110. The number of amides is 1. The van der Waals surface area contributed by atoms with Gasteiger partial charge >= 0.3 is 0 Å². The number of aromatic nitrogens is 2. The van der Waals surface area contributed by atoms with Crippen LogP contribution in [0, 0.1) is 30.1 Å². The topological polar surface area (TPSA) is 88.3 Å². The van der Waals surface area contributed by atoms with E-state index in [4.69, 9.17) is 4.42 Å². The van der Waals surface area contributed by atoms with Gasteiger partial charge in [0.25, 0.3) is 0 Å². The lowest BCUT2D eigenvalue weighted by atomic mass is 9.49. The van der Waals surface area contributed by atoms with Crippen molar-refractivity contribution in [3.8, 4) is 17.2 Å². The molecule has 3 aromatic rings. The molecular formula is C25H27N3O3. The van der Waals surface area contributed by atoms with Crippen molar-refractivity contribution >= 4 is 22.8 Å². The quantitative estimate of drug-likeness (QED) is 0.551. The van der Waals surface area contributed by atoms with Crippen LogP contribution in [-0.2, 0) is 4.79 Å². The van der Waals surface area contributed by atoms with Crippen LogP contribution in [0.4, 0.5) is 5.69 Å². The number of fused-ring (bicyclic) bond motifs is 1. The minimum Gasteiger partial charge on any atom is -0.507 e. The van der Waals surface area contributed by atoms with E-state index in [0.29, 0.717) is 40.4 Å². The maximum absolute atomic E-state index is 13.1. The van der Waals surface area contributed by atoms with Crippen LogP contribution in [0.15, 0.2) is 34.9 Å². The number of benzene rings is 1. The molecule has 31 heavy (non-hydrogen) atoms. The van der Waals surface area contributed by atoms with Crippen molar-refractivity contribution in [3.63, 3.8) is 0 Å². The third-order valence-electron chi connectivity index (χ3n) is 7.68. The predicted molar refractivity (Wildman–Crippen MR) is 117 cm³/mol. The molecule has 4 fully saturated rings. The van der Waals surface area contributed by atoms with Gasteiger partial charge in [-0.2, -0.15) is 4.98 Å². The van der Waals surface area contributed by atoms with Crippen molar-refractivity contribution in [1.82, 2.24) is 9.97 Å². The highest BCUT2D eigenvalue weighted by molar-refractivity contribution is 5.92. The summed E-state index contributed by atoms with van der Waals surface area (Å²) in [7, 11) is 0. The SMILES string of the molecule is Cc1cc(NC(=O)CC23CC4CC(CC(C4)C2)C3)cc(-c2nc3ncccc3o2)c1O. The van der Waals surface area contributed by atoms with Crippen LogP contribution in [0.25, 0.3) is 22.7 Å². The molecule has 0 atom stereocenters. The second-order valence-corrected chi connectivity index (χ2v) is 10.2. The zero-order chi connectivity index (χ0) is 21.2. The van der Waals surface area contributed by atoms with Gasteiger partial charge in [-0.05, 0) is 98.4 Å². The number of nitrogens with one attached hydrogen (secondary N) is 1. The minimum atomic E-state index is 0.0669. The van der Waals surface area contributed by atoms with Crippen LogP contribution < -0.4 is 5.32 Å². The number of phenolic OH excluding ortho intramolecular Hbond substituents is 1. The highest BCUT2D eigenvalue weighted by Crippen LogP contribution is 2.61. The van der Waals surface area contributed by atoms with Crippen LogP contribution in [0.1, 0.15) is 50.5 Å². The monoisotopic (exact) mass is 417 g/mol. The smallest absolute Gasteiger partial charge is 0.232 e. The Morgan fingerprint density at radius 1 is 1.19 bits per heavy atom. The van der Waals surface area contributed by atoms with Gasteiger partial charge in [0.2, 0.25) is 11.8 Å². The molecule has 1 aromatic carbocycles. The number of phenols is 1. The molecule has 4 aliphatic carbocycles. The third kappa shape index (κ3) is 3.29. The van der Waals surface area contributed by atoms with Crippen LogP contribution in [-0.4, -0.2) is 21.0 Å². The Morgan fingerprint density at radius 3 is 2.58 bits per heavy atom. The number of oxazole rings is 1. The zero-order valence-electron chi connectivity index (χ0n) is 17.7. The average Bonchev–Trinajstić information content (AvgIpc) is 3.13. The molecule has 160 valence electrons. The minimum absolute atomic E-state index is 0.0669. The molecule has 2 N–H and O–H groups in total. The number of carbonyl (C=O) groups is 1. The van der Waals surface area contributed by atoms with Gasteiger partial charge < -0.3 is 14.8 Å². The average molecular weight is 418 g/mol. The predicted octanol–water partition coefficient (Wildman–Crippen LogP) is 5.45. The van der Waals surface area contributed by atoms with E-state index in [2.05, 4.69) is 15.3 Å². The third-order valence-corrected chi connectivity index (χ3v) is 7.68. The fraction of sp³-hybridized carbons (Fsp3) is 0.480. The molecule has 6 heteroatoms. The number of nitrogens with zero attached hydrogens (tertiary/aromatic N) is 2. The number of pyridine rings is 1. The standard InChI is InChI=1S/C25H27N3O3/c1-14-5-18(9-19(22(14)30)24-28-23-20(31-24)3-2-4-26-23)27-21(29)13-25-10-15-6-16(11-25)8-17(7-15)12-25/h2-5,9,15-17,30H,6-8,10-13H2,1H3,(H,27,29). The van der Waals surface area contributed by atoms with E-state index in [1.165, 1.54) is 38.5 Å². The van der Waals surface area contributed by atoms with Crippen molar-refractivity contribution < 1.29 is 14.3 Å². The van der Waals surface area contributed by atoms with E-state index in [1.807, 2.05) is 6.92 Å². The number of aromatic hydroxyl groups is 1. The number of hydrogen-bond donors (Lipinski definition) is 2. The van der Waals surface area contributed by atoms with Gasteiger partial charge in [-0.3, -0.25) is 4.79 Å². The summed E-state index contributed by atoms with van der Waals surface area (Å²) < 4.78 is 5.79. The summed E-state index contributed by atoms with van der Waals surface area (Å²) in [5.41, 5.74) is 3.03. The molecule has 1 amide bonds. The van der Waals surface area contributed by atoms with Crippen molar-refractivity contribution in [2.24, 2.45) is 23.2 Å². The molecule has 0 aliphatic heterocycles. The normalized spacial score (nSPS) is 28.9. The number of anilines is 1. The van der Waals surface area contributed by atoms with Crippen LogP contribution in [0.2, 0.25) is 0 Å². The van der Waals surface area contributed by atoms with Gasteiger partial charge in [-0.1, -0.05) is 0 Å². The van der Waals surface area contributed by atoms with Gasteiger partial charge in [0.15, 0.2) is 11.2 Å². The molecule has 0 spiro atoms. The highest BCUT2D eigenvalue weighted by atomic mass is 16.4. The summed E-state index contributed by atoms with van der Waals surface area (Å²) in [6, 6.07) is 7.12. The van der Waals surface area contributed by atoms with E-state index in [0.717, 1.165) is 17.8 Å². The summed E-state index contributed by atoms with van der Waals surface area (Å²) in [5, 5.41) is 13.7. The molecule has 0 unspecified atom stereocenters. The maximum Gasteiger partial charge on any atom is 0.232 e. The Hall–Kier alpha value is -2.89. The second-order valence-electron chi connectivity index (χ2n) is 10.2. The van der Waals surface area contributed by atoms with Gasteiger partial charge in [-0.15, -0.1) is 0 Å². The summed E-state index contributed by atoms with van der Waals surface area (Å²) in [5.74, 6) is 2.95. The first-order valence-corrected chi connectivity index (χ1v) is 11.3. The van der Waals surface area contributed by atoms with Crippen LogP contribution >= 0.6 is 0 Å². The second kappa shape index (κ2) is 6.81. The molecule has 0 saturated heterocycles. The first-order chi connectivity index (χ1) is 15.0. The largest absolute Gasteiger partial charge is 0.507 e. The highest BCUT2D eigenvalue weighted by Gasteiger charge is 2.51. The summed E-state index contributed by atoms with van der Waals surface area (Å²) in [6.45, 7) is 1.81. The fourth-order valence-corrected chi connectivity index (χ4v) is 6.95. The van der Waals surface area contributed by atoms with Crippen molar-refractivity contribution in [1.29, 1.82) is 0 Å². The van der Waals surface area contributed by atoms with Crippen molar-refractivity contribution in [3.05, 3.63) is 36.0 Å². The molecule has 7 rings (SSSR count). The first-order valence-electron chi connectivity index (χ1n) is 11.3. The molecule has 4 bridgehead atoms. The Labute approximate surface area is 181 Å². The fourth-order valence-electron chi connectivity index (χ4n) is 6.95. The van der Waals surface area contributed by atoms with E-state index in [-0.39, 0.29) is 17.1 Å². The summed E-state index contributed by atoms with van der Waals surface area (Å²) in [4.78, 5) is 21.7. The van der Waals surface area contributed by atoms with Gasteiger partial charge in [0, 0.05) is 18.3 Å². The zero-order valence-corrected chi connectivity index (χ0v) is 17.7. The number of rotatable bonds is 4. The molecule has 4 aliphatic rings. The van der Waals surface area contributed by atoms with Crippen LogP contribution in [0.3, 0.4) is 0 Å². The summed E-state index contributed by atoms with van der Waals surface area (Å²) >= 11 is 0. The number of aryl methyl sites for hydroxylation is 1. The molecule has 4 saturated carbocycles. The van der Waals surface area contributed by atoms with Crippen LogP contribution in [0.5, 0.6) is 5.75 Å². The van der Waals surface area contributed by atoms with E-state index in [1.54, 1.807) is 30.5 Å². The lowest BCUT2D eigenvalue weighted by Gasteiger charge is -2.56. The number of carbonyl (C=O) groups excluding carboxylic acids is 1. The molecule has 2 aromatic heterocycles. The van der Waals surface area contributed by atoms with Gasteiger partial charge in [0.1, 0.15) is 5.75 Å². The molecule has 0 radical (unpaired) electrons. The number of hydrogen-bond acceptors (Lipinski definition) is 5. The molecule has 6 nitrogen and oxygen atoms in total. The molecule has 2 heterocycles. The molecular weight excluding hydrogens is 390 g/mol. The van der Waals surface area contributed by atoms with Crippen molar-refractivity contribution in [2.45, 2.75) is 51.9 Å². The first kappa shape index (κ1) is 18.8. The van der Waals surface area contributed by atoms with Crippen molar-refractivity contribution in [2.75, 3.05) is 5.32 Å².